The van der Waals surface area contributed by atoms with E-state index in [-0.39, 0.29) is 5.91 Å². The van der Waals surface area contributed by atoms with E-state index in [1.807, 2.05) is 24.3 Å². The van der Waals surface area contributed by atoms with Gasteiger partial charge in [0.1, 0.15) is 10.8 Å². The zero-order valence-electron chi connectivity index (χ0n) is 11.9. The molecule has 1 amide bonds. The van der Waals surface area contributed by atoms with E-state index in [1.165, 1.54) is 6.08 Å². The van der Waals surface area contributed by atoms with Crippen molar-refractivity contribution in [2.45, 2.75) is 0 Å². The zero-order valence-corrected chi connectivity index (χ0v) is 12.7. The van der Waals surface area contributed by atoms with Gasteiger partial charge in [0, 0.05) is 18.3 Å². The topological polar surface area (TPSA) is 72.2 Å². The maximum Gasteiger partial charge on any atom is 0.249 e. The summed E-state index contributed by atoms with van der Waals surface area (Å²) in [5, 5.41) is 7.70. The molecule has 0 spiro atoms. The fourth-order valence-electron chi connectivity index (χ4n) is 2.21. The van der Waals surface area contributed by atoms with Crippen molar-refractivity contribution in [1.82, 2.24) is 19.6 Å². The summed E-state index contributed by atoms with van der Waals surface area (Å²) in [6, 6.07) is 11.3. The zero-order chi connectivity index (χ0) is 15.6. The minimum Gasteiger partial charge on any atom is -0.307 e. The van der Waals surface area contributed by atoms with E-state index < -0.39 is 0 Å². The number of fused-ring (bicyclic) bond motifs is 2. The Balaban J connectivity index is 1.54. The van der Waals surface area contributed by atoms with Gasteiger partial charge in [-0.15, -0.1) is 11.3 Å². The van der Waals surface area contributed by atoms with Gasteiger partial charge in [-0.25, -0.2) is 9.97 Å². The van der Waals surface area contributed by atoms with Crippen molar-refractivity contribution in [2.75, 3.05) is 5.32 Å². The predicted molar refractivity (Wildman–Crippen MR) is 90.3 cm³/mol. The summed E-state index contributed by atoms with van der Waals surface area (Å²) >= 11 is 1.54. The molecule has 0 saturated heterocycles. The number of rotatable bonds is 3. The number of para-hydroxylation sites is 1. The lowest BCUT2D eigenvalue weighted by Gasteiger charge is -2.03. The Morgan fingerprint density at radius 1 is 1.17 bits per heavy atom. The number of carbonyl (C=O) groups excluding carboxylic acids is 1. The summed E-state index contributed by atoms with van der Waals surface area (Å²) in [6.07, 6.45) is 6.44. The molecule has 0 unspecified atom stereocenters. The van der Waals surface area contributed by atoms with Gasteiger partial charge in [-0.2, -0.15) is 9.61 Å². The largest absolute Gasteiger partial charge is 0.307 e. The number of aromatic nitrogens is 4. The number of benzene rings is 1. The molecule has 0 aliphatic carbocycles. The summed E-state index contributed by atoms with van der Waals surface area (Å²) < 4.78 is 2.67. The number of hydrogen-bond acceptors (Lipinski definition) is 5. The van der Waals surface area contributed by atoms with Crippen molar-refractivity contribution >= 4 is 45.0 Å². The molecule has 7 heteroatoms. The van der Waals surface area contributed by atoms with Crippen LogP contribution in [0.4, 0.5) is 5.82 Å². The van der Waals surface area contributed by atoms with Crippen molar-refractivity contribution < 1.29 is 4.79 Å². The summed E-state index contributed by atoms with van der Waals surface area (Å²) in [4.78, 5) is 20.7. The summed E-state index contributed by atoms with van der Waals surface area (Å²) in [7, 11) is 0. The molecule has 0 bridgehead atoms. The normalized spacial score (nSPS) is 11.5. The van der Waals surface area contributed by atoms with E-state index in [1.54, 1.807) is 46.5 Å². The molecule has 1 aromatic carbocycles. The third-order valence-electron chi connectivity index (χ3n) is 3.23. The maximum atomic E-state index is 12.1. The van der Waals surface area contributed by atoms with Gasteiger partial charge in [0.15, 0.2) is 5.65 Å². The molecule has 0 fully saturated rings. The molecule has 3 heterocycles. The van der Waals surface area contributed by atoms with Gasteiger partial charge in [0.05, 0.1) is 16.4 Å². The van der Waals surface area contributed by atoms with Crippen LogP contribution in [0.15, 0.2) is 54.9 Å². The van der Waals surface area contributed by atoms with Crippen LogP contribution in [0, 0.1) is 0 Å². The van der Waals surface area contributed by atoms with Crippen molar-refractivity contribution in [3.05, 3.63) is 59.9 Å². The van der Waals surface area contributed by atoms with Gasteiger partial charge in [-0.05, 0) is 24.3 Å². The van der Waals surface area contributed by atoms with Crippen molar-refractivity contribution in [3.63, 3.8) is 0 Å². The number of thiazole rings is 1. The third kappa shape index (κ3) is 2.69. The highest BCUT2D eigenvalue weighted by Gasteiger charge is 2.05. The second kappa shape index (κ2) is 5.62. The van der Waals surface area contributed by atoms with Crippen LogP contribution in [0.25, 0.3) is 21.9 Å². The second-order valence-electron chi connectivity index (χ2n) is 4.77. The first kappa shape index (κ1) is 13.6. The number of nitrogens with zero attached hydrogens (tertiary/aromatic N) is 4. The smallest absolute Gasteiger partial charge is 0.249 e. The lowest BCUT2D eigenvalue weighted by Crippen LogP contribution is -2.11. The van der Waals surface area contributed by atoms with Crippen molar-refractivity contribution in [2.24, 2.45) is 0 Å². The van der Waals surface area contributed by atoms with Crippen LogP contribution >= 0.6 is 11.3 Å². The lowest BCUT2D eigenvalue weighted by atomic mass is 10.3. The van der Waals surface area contributed by atoms with E-state index >= 15 is 0 Å². The summed E-state index contributed by atoms with van der Waals surface area (Å²) in [5.74, 6) is 0.325. The number of anilines is 1. The van der Waals surface area contributed by atoms with E-state index in [2.05, 4.69) is 20.4 Å². The second-order valence-corrected chi connectivity index (χ2v) is 5.84. The maximum absolute atomic E-state index is 12.1. The average Bonchev–Trinajstić information content (AvgIpc) is 3.19. The third-order valence-corrected chi connectivity index (χ3v) is 4.23. The molecular weight excluding hydrogens is 310 g/mol. The van der Waals surface area contributed by atoms with E-state index in [4.69, 9.17) is 0 Å². The molecule has 1 N–H and O–H groups in total. The Labute approximate surface area is 135 Å². The van der Waals surface area contributed by atoms with Crippen LogP contribution in [-0.4, -0.2) is 25.5 Å². The number of carbonyl (C=O) groups is 1. The number of hydrogen-bond donors (Lipinski definition) is 1. The molecule has 3 aromatic heterocycles. The number of amides is 1. The molecule has 23 heavy (non-hydrogen) atoms. The Kier molecular flexibility index (Phi) is 3.32. The van der Waals surface area contributed by atoms with E-state index in [0.29, 0.717) is 11.5 Å². The standard InChI is InChI=1S/C16H11N5OS/c22-15(20-14-7-9-17-13-8-10-18-21(13)14)5-6-16-19-11-3-1-2-4-12(11)23-16/h1-10H,(H,20,22)/b6-5-. The Bertz CT molecular complexity index is 1000. The number of nitrogens with one attached hydrogen (secondary N) is 1. The van der Waals surface area contributed by atoms with Crippen LogP contribution in [-0.2, 0) is 4.79 Å². The molecular formula is C16H11N5OS. The van der Waals surface area contributed by atoms with Gasteiger partial charge < -0.3 is 5.32 Å². The quantitative estimate of drug-likeness (QED) is 0.589. The molecule has 0 aliphatic heterocycles. The first-order chi connectivity index (χ1) is 11.3. The molecule has 0 saturated carbocycles. The van der Waals surface area contributed by atoms with E-state index in [0.717, 1.165) is 15.2 Å². The van der Waals surface area contributed by atoms with Gasteiger partial charge in [0.25, 0.3) is 0 Å². The molecule has 0 radical (unpaired) electrons. The van der Waals surface area contributed by atoms with Crippen LogP contribution in [0.2, 0.25) is 0 Å². The fraction of sp³-hybridized carbons (Fsp3) is 0. The van der Waals surface area contributed by atoms with Crippen LogP contribution in [0.3, 0.4) is 0 Å². The fourth-order valence-corrected chi connectivity index (χ4v) is 3.08. The van der Waals surface area contributed by atoms with Crippen LogP contribution in [0.1, 0.15) is 5.01 Å². The molecule has 0 aliphatic rings. The molecule has 0 atom stereocenters. The summed E-state index contributed by atoms with van der Waals surface area (Å²) in [6.45, 7) is 0. The average molecular weight is 321 g/mol. The van der Waals surface area contributed by atoms with Crippen molar-refractivity contribution in [3.8, 4) is 0 Å². The summed E-state index contributed by atoms with van der Waals surface area (Å²) in [5.41, 5.74) is 1.61. The Morgan fingerprint density at radius 2 is 2.09 bits per heavy atom. The Hall–Kier alpha value is -3.06. The molecule has 112 valence electrons. The van der Waals surface area contributed by atoms with Gasteiger partial charge >= 0.3 is 0 Å². The SMILES string of the molecule is O=C(/C=C\c1nc2ccccc2s1)Nc1ccnc2ccnn12. The van der Waals surface area contributed by atoms with Crippen LogP contribution in [0.5, 0.6) is 0 Å². The first-order valence-corrected chi connectivity index (χ1v) is 7.75. The molecule has 6 nitrogen and oxygen atoms in total. The highest BCUT2D eigenvalue weighted by Crippen LogP contribution is 2.22. The van der Waals surface area contributed by atoms with Gasteiger partial charge in [-0.3, -0.25) is 4.79 Å². The highest BCUT2D eigenvalue weighted by atomic mass is 32.1. The minimum atomic E-state index is -0.243. The first-order valence-electron chi connectivity index (χ1n) is 6.93. The van der Waals surface area contributed by atoms with Gasteiger partial charge in [-0.1, -0.05) is 12.1 Å². The molecule has 4 aromatic rings. The van der Waals surface area contributed by atoms with E-state index in [9.17, 15) is 4.79 Å². The van der Waals surface area contributed by atoms with Crippen molar-refractivity contribution in [1.29, 1.82) is 0 Å². The highest BCUT2D eigenvalue weighted by molar-refractivity contribution is 7.19. The monoisotopic (exact) mass is 321 g/mol. The molecule has 4 rings (SSSR count). The van der Waals surface area contributed by atoms with Gasteiger partial charge in [0.2, 0.25) is 5.91 Å². The minimum absolute atomic E-state index is 0.243. The lowest BCUT2D eigenvalue weighted by molar-refractivity contribution is -0.111. The predicted octanol–water partition coefficient (Wildman–Crippen LogP) is 2.99. The Morgan fingerprint density at radius 3 is 3.00 bits per heavy atom. The van der Waals surface area contributed by atoms with Crippen LogP contribution < -0.4 is 5.32 Å².